The summed E-state index contributed by atoms with van der Waals surface area (Å²) in [5.41, 5.74) is 2.22. The quantitative estimate of drug-likeness (QED) is 0.636. The van der Waals surface area contributed by atoms with E-state index in [0.29, 0.717) is 32.6 Å². The van der Waals surface area contributed by atoms with Gasteiger partial charge < -0.3 is 20.5 Å². The zero-order chi connectivity index (χ0) is 17.2. The van der Waals surface area contributed by atoms with Gasteiger partial charge in [0.2, 0.25) is 0 Å². The number of aliphatic carboxylic acids is 1. The van der Waals surface area contributed by atoms with Gasteiger partial charge in [0.15, 0.2) is 0 Å². The summed E-state index contributed by atoms with van der Waals surface area (Å²) in [6.45, 7) is 1.77. The normalized spacial score (nSPS) is 15.2. The highest BCUT2D eigenvalue weighted by Gasteiger charge is 2.15. The number of benzene rings is 1. The lowest BCUT2D eigenvalue weighted by Crippen LogP contribution is -2.44. The number of hydrogen-bond acceptors (Lipinski definition) is 3. The van der Waals surface area contributed by atoms with Crippen molar-refractivity contribution in [2.75, 3.05) is 19.8 Å². The Kier molecular flexibility index (Phi) is 7.29. The predicted molar refractivity (Wildman–Crippen MR) is 90.9 cm³/mol. The Hall–Kier alpha value is -2.34. The number of carboxylic acid groups (broad SMARTS) is 1. The molecule has 0 aliphatic carbocycles. The molecule has 1 aliphatic heterocycles. The molecule has 2 amide bonds. The van der Waals surface area contributed by atoms with E-state index in [9.17, 15) is 9.59 Å². The fourth-order valence-electron chi connectivity index (χ4n) is 2.58. The van der Waals surface area contributed by atoms with E-state index < -0.39 is 5.97 Å². The third-order valence-electron chi connectivity index (χ3n) is 3.90. The van der Waals surface area contributed by atoms with Crippen LogP contribution in [-0.2, 0) is 16.0 Å². The largest absolute Gasteiger partial charge is 0.481 e. The summed E-state index contributed by atoms with van der Waals surface area (Å²) >= 11 is 0. The molecule has 3 N–H and O–H groups in total. The van der Waals surface area contributed by atoms with Crippen molar-refractivity contribution in [2.24, 2.45) is 0 Å². The fraction of sp³-hybridized carbons (Fsp3) is 0.444. The third kappa shape index (κ3) is 6.83. The van der Waals surface area contributed by atoms with Crippen LogP contribution in [0.2, 0.25) is 0 Å². The Morgan fingerprint density at radius 1 is 1.25 bits per heavy atom. The molecular weight excluding hydrogens is 308 g/mol. The van der Waals surface area contributed by atoms with Crippen LogP contribution in [0, 0.1) is 0 Å². The maximum Gasteiger partial charge on any atom is 0.315 e. The molecule has 6 heteroatoms. The molecule has 0 aromatic heterocycles. The molecule has 1 atom stereocenters. The molecule has 1 aromatic carbocycles. The van der Waals surface area contributed by atoms with Gasteiger partial charge in [-0.15, -0.1) is 0 Å². The van der Waals surface area contributed by atoms with Crippen molar-refractivity contribution in [3.63, 3.8) is 0 Å². The molecule has 130 valence electrons. The van der Waals surface area contributed by atoms with Crippen LogP contribution in [0.1, 0.15) is 24.8 Å². The predicted octanol–water partition coefficient (Wildman–Crippen LogP) is 2.11. The van der Waals surface area contributed by atoms with Crippen molar-refractivity contribution in [3.05, 3.63) is 47.5 Å². The molecule has 0 saturated heterocycles. The highest BCUT2D eigenvalue weighted by Crippen LogP contribution is 2.09. The van der Waals surface area contributed by atoms with Gasteiger partial charge in [-0.2, -0.15) is 0 Å². The van der Waals surface area contributed by atoms with E-state index in [1.807, 2.05) is 36.4 Å². The average Bonchev–Trinajstić information content (AvgIpc) is 2.60. The lowest BCUT2D eigenvalue weighted by molar-refractivity contribution is -0.137. The SMILES string of the molecule is O=C(O)CCC(Cc1ccccc1)NC(=O)NCC1=CCOCC1. The molecule has 1 aliphatic rings. The van der Waals surface area contributed by atoms with Gasteiger partial charge >= 0.3 is 12.0 Å². The van der Waals surface area contributed by atoms with Gasteiger partial charge in [0, 0.05) is 19.0 Å². The minimum absolute atomic E-state index is 0.0280. The van der Waals surface area contributed by atoms with Gasteiger partial charge in [-0.1, -0.05) is 42.0 Å². The second kappa shape index (κ2) is 9.72. The number of nitrogens with one attached hydrogen (secondary N) is 2. The summed E-state index contributed by atoms with van der Waals surface area (Å²) < 4.78 is 5.23. The molecule has 0 bridgehead atoms. The number of urea groups is 1. The number of amides is 2. The van der Waals surface area contributed by atoms with Crippen LogP contribution < -0.4 is 10.6 Å². The minimum atomic E-state index is -0.859. The number of ether oxygens (including phenoxy) is 1. The first-order chi connectivity index (χ1) is 11.6. The lowest BCUT2D eigenvalue weighted by atomic mass is 10.0. The van der Waals surface area contributed by atoms with E-state index in [1.165, 1.54) is 0 Å². The molecule has 1 aromatic rings. The number of carbonyl (C=O) groups is 2. The smallest absolute Gasteiger partial charge is 0.315 e. The molecule has 0 spiro atoms. The zero-order valence-electron chi connectivity index (χ0n) is 13.7. The van der Waals surface area contributed by atoms with Gasteiger partial charge in [0.05, 0.1) is 13.2 Å². The van der Waals surface area contributed by atoms with Crippen LogP contribution in [0.3, 0.4) is 0 Å². The van der Waals surface area contributed by atoms with Crippen molar-refractivity contribution in [1.29, 1.82) is 0 Å². The first-order valence-electron chi connectivity index (χ1n) is 8.19. The van der Waals surface area contributed by atoms with Gasteiger partial charge in [-0.05, 0) is 24.8 Å². The second-order valence-corrected chi connectivity index (χ2v) is 5.83. The van der Waals surface area contributed by atoms with E-state index in [0.717, 1.165) is 17.6 Å². The highest BCUT2D eigenvalue weighted by molar-refractivity contribution is 5.74. The average molecular weight is 332 g/mol. The highest BCUT2D eigenvalue weighted by atomic mass is 16.5. The Morgan fingerprint density at radius 2 is 2.04 bits per heavy atom. The van der Waals surface area contributed by atoms with Crippen molar-refractivity contribution in [2.45, 2.75) is 31.7 Å². The minimum Gasteiger partial charge on any atom is -0.481 e. The number of rotatable bonds is 8. The molecule has 1 heterocycles. The molecule has 0 saturated carbocycles. The third-order valence-corrected chi connectivity index (χ3v) is 3.90. The summed E-state index contributed by atoms with van der Waals surface area (Å²) in [5, 5.41) is 14.6. The molecule has 0 radical (unpaired) electrons. The van der Waals surface area contributed by atoms with Crippen LogP contribution in [0.4, 0.5) is 4.79 Å². The van der Waals surface area contributed by atoms with E-state index in [1.54, 1.807) is 0 Å². The Morgan fingerprint density at radius 3 is 2.71 bits per heavy atom. The summed E-state index contributed by atoms with van der Waals surface area (Å²) in [4.78, 5) is 22.9. The summed E-state index contributed by atoms with van der Waals surface area (Å²) in [7, 11) is 0. The zero-order valence-corrected chi connectivity index (χ0v) is 13.7. The Balaban J connectivity index is 1.84. The van der Waals surface area contributed by atoms with Gasteiger partial charge in [-0.25, -0.2) is 4.79 Å². The van der Waals surface area contributed by atoms with Crippen LogP contribution >= 0.6 is 0 Å². The van der Waals surface area contributed by atoms with Crippen molar-refractivity contribution in [1.82, 2.24) is 10.6 Å². The van der Waals surface area contributed by atoms with Crippen molar-refractivity contribution >= 4 is 12.0 Å². The van der Waals surface area contributed by atoms with E-state index >= 15 is 0 Å². The maximum absolute atomic E-state index is 12.1. The summed E-state index contributed by atoms with van der Waals surface area (Å²) in [6, 6.07) is 9.25. The molecular formula is C18H24N2O4. The monoisotopic (exact) mass is 332 g/mol. The molecule has 6 nitrogen and oxygen atoms in total. The number of carbonyl (C=O) groups excluding carboxylic acids is 1. The van der Waals surface area contributed by atoms with Gasteiger partial charge in [-0.3, -0.25) is 4.79 Å². The standard InChI is InChI=1S/C18H24N2O4/c21-17(22)7-6-16(12-14-4-2-1-3-5-14)20-18(23)19-13-15-8-10-24-11-9-15/h1-5,8,16H,6-7,9-13H2,(H,21,22)(H2,19,20,23). The van der Waals surface area contributed by atoms with Crippen LogP contribution in [-0.4, -0.2) is 42.9 Å². The van der Waals surface area contributed by atoms with Crippen molar-refractivity contribution < 1.29 is 19.4 Å². The van der Waals surface area contributed by atoms with Gasteiger partial charge in [0.1, 0.15) is 0 Å². The molecule has 0 fully saturated rings. The Labute approximate surface area is 141 Å². The topological polar surface area (TPSA) is 87.7 Å². The number of hydrogen-bond donors (Lipinski definition) is 3. The summed E-state index contributed by atoms with van der Waals surface area (Å²) in [5.74, 6) is -0.859. The van der Waals surface area contributed by atoms with Crippen molar-refractivity contribution in [3.8, 4) is 0 Å². The van der Waals surface area contributed by atoms with E-state index in [4.69, 9.17) is 9.84 Å². The Bertz CT molecular complexity index is 572. The first-order valence-corrected chi connectivity index (χ1v) is 8.19. The van der Waals surface area contributed by atoms with Crippen LogP contribution in [0.5, 0.6) is 0 Å². The first kappa shape index (κ1) is 18.0. The lowest BCUT2D eigenvalue weighted by Gasteiger charge is -2.20. The molecule has 24 heavy (non-hydrogen) atoms. The van der Waals surface area contributed by atoms with Gasteiger partial charge in [0.25, 0.3) is 0 Å². The maximum atomic E-state index is 12.1. The fourth-order valence-corrected chi connectivity index (χ4v) is 2.58. The van der Waals surface area contributed by atoms with E-state index in [-0.39, 0.29) is 18.5 Å². The molecule has 1 unspecified atom stereocenters. The van der Waals surface area contributed by atoms with Crippen LogP contribution in [0.15, 0.2) is 42.0 Å². The number of carboxylic acids is 1. The molecule has 2 rings (SSSR count). The van der Waals surface area contributed by atoms with Crippen LogP contribution in [0.25, 0.3) is 0 Å². The summed E-state index contributed by atoms with van der Waals surface area (Å²) in [6.07, 6.45) is 3.84. The van der Waals surface area contributed by atoms with E-state index in [2.05, 4.69) is 10.6 Å². The second-order valence-electron chi connectivity index (χ2n) is 5.83.